The highest BCUT2D eigenvalue weighted by Crippen LogP contribution is 2.31. The van der Waals surface area contributed by atoms with Crippen LogP contribution in [0.1, 0.15) is 50.7 Å². The molecule has 96 valence electrons. The molecule has 1 heterocycles. The Labute approximate surface area is 107 Å². The van der Waals surface area contributed by atoms with Crippen LogP contribution in [0.15, 0.2) is 30.6 Å². The van der Waals surface area contributed by atoms with Crippen LogP contribution < -0.4 is 0 Å². The van der Waals surface area contributed by atoms with Crippen LogP contribution in [-0.2, 0) is 0 Å². The monoisotopic (exact) mass is 246 g/mol. The Balaban J connectivity index is 2.72. The molecule has 0 bridgehead atoms. The van der Waals surface area contributed by atoms with Gasteiger partial charge in [-0.05, 0) is 23.0 Å². The minimum Gasteiger partial charge on any atom is -0.276 e. The van der Waals surface area contributed by atoms with Crippen LogP contribution in [-0.4, -0.2) is 9.55 Å². The SMILES string of the molecule is CC(C)c1cccc(C(C)C)c1-n1ccnc1F. The fraction of sp³-hybridized carbons (Fsp3) is 0.400. The Morgan fingerprint density at radius 1 is 1.06 bits per heavy atom. The van der Waals surface area contributed by atoms with Crippen LogP contribution in [0.4, 0.5) is 4.39 Å². The van der Waals surface area contributed by atoms with Crippen molar-refractivity contribution in [2.24, 2.45) is 0 Å². The van der Waals surface area contributed by atoms with E-state index in [1.54, 1.807) is 10.8 Å². The van der Waals surface area contributed by atoms with Gasteiger partial charge in [0.25, 0.3) is 6.08 Å². The Morgan fingerprint density at radius 3 is 2.00 bits per heavy atom. The molecule has 2 aromatic rings. The van der Waals surface area contributed by atoms with E-state index in [4.69, 9.17) is 0 Å². The van der Waals surface area contributed by atoms with Gasteiger partial charge in [-0.1, -0.05) is 45.9 Å². The fourth-order valence-corrected chi connectivity index (χ4v) is 2.24. The highest BCUT2D eigenvalue weighted by atomic mass is 19.1. The van der Waals surface area contributed by atoms with Gasteiger partial charge < -0.3 is 0 Å². The van der Waals surface area contributed by atoms with Crippen LogP contribution in [0, 0.1) is 6.08 Å². The van der Waals surface area contributed by atoms with Crippen molar-refractivity contribution < 1.29 is 4.39 Å². The number of aromatic nitrogens is 2. The standard InChI is InChI=1S/C15H19FN2/c1-10(2)12-6-5-7-13(11(3)4)14(12)18-9-8-17-15(18)16/h5-11H,1-4H3. The maximum atomic E-state index is 13.8. The molecule has 0 spiro atoms. The second-order valence-corrected chi connectivity index (χ2v) is 5.16. The lowest BCUT2D eigenvalue weighted by Crippen LogP contribution is -2.08. The van der Waals surface area contributed by atoms with E-state index in [-0.39, 0.29) is 0 Å². The zero-order chi connectivity index (χ0) is 13.3. The summed E-state index contributed by atoms with van der Waals surface area (Å²) >= 11 is 0. The van der Waals surface area contributed by atoms with E-state index in [0.29, 0.717) is 11.8 Å². The molecule has 0 unspecified atom stereocenters. The normalized spacial score (nSPS) is 11.5. The van der Waals surface area contributed by atoms with E-state index >= 15 is 0 Å². The predicted octanol–water partition coefficient (Wildman–Crippen LogP) is 4.26. The van der Waals surface area contributed by atoms with E-state index in [2.05, 4.69) is 44.8 Å². The van der Waals surface area contributed by atoms with Crippen LogP contribution in [0.25, 0.3) is 5.69 Å². The first kappa shape index (κ1) is 12.8. The number of imidazole rings is 1. The van der Waals surface area contributed by atoms with E-state index in [1.807, 2.05) is 6.07 Å². The second kappa shape index (κ2) is 4.92. The summed E-state index contributed by atoms with van der Waals surface area (Å²) in [5, 5.41) is 0. The van der Waals surface area contributed by atoms with Gasteiger partial charge in [-0.2, -0.15) is 4.39 Å². The lowest BCUT2D eigenvalue weighted by Gasteiger charge is -2.20. The topological polar surface area (TPSA) is 17.8 Å². The van der Waals surface area contributed by atoms with Gasteiger partial charge >= 0.3 is 0 Å². The molecule has 0 saturated heterocycles. The molecule has 0 radical (unpaired) electrons. The van der Waals surface area contributed by atoms with Gasteiger partial charge in [-0.15, -0.1) is 0 Å². The fourth-order valence-electron chi connectivity index (χ4n) is 2.24. The summed E-state index contributed by atoms with van der Waals surface area (Å²) in [6.07, 6.45) is 2.73. The molecule has 0 amide bonds. The number of benzene rings is 1. The maximum absolute atomic E-state index is 13.8. The van der Waals surface area contributed by atoms with E-state index in [1.165, 1.54) is 6.20 Å². The Kier molecular flexibility index (Phi) is 3.50. The van der Waals surface area contributed by atoms with Gasteiger partial charge in [0.2, 0.25) is 0 Å². The van der Waals surface area contributed by atoms with Gasteiger partial charge in [-0.3, -0.25) is 4.57 Å². The number of rotatable bonds is 3. The maximum Gasteiger partial charge on any atom is 0.293 e. The largest absolute Gasteiger partial charge is 0.293 e. The number of para-hydroxylation sites is 1. The molecule has 3 heteroatoms. The van der Waals surface area contributed by atoms with Crippen molar-refractivity contribution in [1.29, 1.82) is 0 Å². The molecule has 0 aliphatic carbocycles. The second-order valence-electron chi connectivity index (χ2n) is 5.16. The number of halogens is 1. The number of hydrogen-bond acceptors (Lipinski definition) is 1. The molecule has 2 rings (SSSR count). The van der Waals surface area contributed by atoms with Crippen molar-refractivity contribution in [2.45, 2.75) is 39.5 Å². The van der Waals surface area contributed by atoms with Gasteiger partial charge in [0.05, 0.1) is 5.69 Å². The molecule has 0 aliphatic heterocycles. The molecular weight excluding hydrogens is 227 g/mol. The Morgan fingerprint density at radius 2 is 1.61 bits per heavy atom. The molecular formula is C15H19FN2. The van der Waals surface area contributed by atoms with Crippen molar-refractivity contribution in [3.05, 3.63) is 47.8 Å². The molecule has 0 aliphatic rings. The van der Waals surface area contributed by atoms with Crippen molar-refractivity contribution in [1.82, 2.24) is 9.55 Å². The molecule has 1 aromatic carbocycles. The minimum absolute atomic E-state index is 0.348. The molecule has 0 fully saturated rings. The summed E-state index contributed by atoms with van der Waals surface area (Å²) in [4.78, 5) is 3.69. The quantitative estimate of drug-likeness (QED) is 0.791. The van der Waals surface area contributed by atoms with Crippen LogP contribution >= 0.6 is 0 Å². The van der Waals surface area contributed by atoms with Crippen molar-refractivity contribution in [3.8, 4) is 5.69 Å². The summed E-state index contributed by atoms with van der Waals surface area (Å²) in [7, 11) is 0. The van der Waals surface area contributed by atoms with E-state index in [0.717, 1.165) is 16.8 Å². The highest BCUT2D eigenvalue weighted by Gasteiger charge is 2.17. The Hall–Kier alpha value is -1.64. The lowest BCUT2D eigenvalue weighted by atomic mass is 9.92. The minimum atomic E-state index is -0.454. The zero-order valence-corrected chi connectivity index (χ0v) is 11.3. The van der Waals surface area contributed by atoms with E-state index in [9.17, 15) is 4.39 Å². The van der Waals surface area contributed by atoms with Gasteiger partial charge in [0.15, 0.2) is 0 Å². The van der Waals surface area contributed by atoms with Crippen LogP contribution in [0.3, 0.4) is 0 Å². The zero-order valence-electron chi connectivity index (χ0n) is 11.3. The number of nitrogens with zero attached hydrogens (tertiary/aromatic N) is 2. The summed E-state index contributed by atoms with van der Waals surface area (Å²) in [6, 6.07) is 6.17. The third kappa shape index (κ3) is 2.17. The first-order valence-electron chi connectivity index (χ1n) is 6.34. The van der Waals surface area contributed by atoms with Gasteiger partial charge in [-0.25, -0.2) is 4.98 Å². The summed E-state index contributed by atoms with van der Waals surface area (Å²) in [5.74, 6) is 0.695. The summed E-state index contributed by atoms with van der Waals surface area (Å²) < 4.78 is 15.3. The van der Waals surface area contributed by atoms with Gasteiger partial charge in [0.1, 0.15) is 0 Å². The first-order valence-corrected chi connectivity index (χ1v) is 6.34. The third-order valence-electron chi connectivity index (χ3n) is 3.18. The van der Waals surface area contributed by atoms with Crippen LogP contribution in [0.5, 0.6) is 0 Å². The molecule has 0 saturated carbocycles. The predicted molar refractivity (Wildman–Crippen MR) is 71.7 cm³/mol. The van der Waals surface area contributed by atoms with Crippen molar-refractivity contribution in [2.75, 3.05) is 0 Å². The highest BCUT2D eigenvalue weighted by molar-refractivity contribution is 5.51. The summed E-state index contributed by atoms with van der Waals surface area (Å²) in [5.41, 5.74) is 3.24. The van der Waals surface area contributed by atoms with Gasteiger partial charge in [0, 0.05) is 12.4 Å². The summed E-state index contributed by atoms with van der Waals surface area (Å²) in [6.45, 7) is 8.49. The first-order chi connectivity index (χ1) is 8.52. The molecule has 18 heavy (non-hydrogen) atoms. The average molecular weight is 246 g/mol. The van der Waals surface area contributed by atoms with E-state index < -0.39 is 6.08 Å². The number of hydrogen-bond donors (Lipinski definition) is 0. The molecule has 1 aromatic heterocycles. The molecule has 0 atom stereocenters. The smallest absolute Gasteiger partial charge is 0.276 e. The molecule has 2 nitrogen and oxygen atoms in total. The van der Waals surface area contributed by atoms with Crippen LogP contribution in [0.2, 0.25) is 0 Å². The van der Waals surface area contributed by atoms with Crippen molar-refractivity contribution >= 4 is 0 Å². The average Bonchev–Trinajstić information content (AvgIpc) is 2.74. The van der Waals surface area contributed by atoms with Crippen molar-refractivity contribution in [3.63, 3.8) is 0 Å². The Bertz CT molecular complexity index is 515. The third-order valence-corrected chi connectivity index (χ3v) is 3.18. The molecule has 0 N–H and O–H groups in total. The lowest BCUT2D eigenvalue weighted by molar-refractivity contribution is 0.519.